The summed E-state index contributed by atoms with van der Waals surface area (Å²) in [6.45, 7) is 1.46. The van der Waals surface area contributed by atoms with E-state index in [1.165, 1.54) is 6.33 Å². The van der Waals surface area contributed by atoms with Crippen LogP contribution in [0.25, 0.3) is 11.0 Å². The van der Waals surface area contributed by atoms with Crippen LogP contribution in [0.5, 0.6) is 0 Å². The molecule has 1 fully saturated rings. The minimum Gasteiger partial charge on any atom is -0.376 e. The van der Waals surface area contributed by atoms with Crippen LogP contribution in [0.4, 0.5) is 11.5 Å². The van der Waals surface area contributed by atoms with Gasteiger partial charge >= 0.3 is 0 Å². The predicted octanol–water partition coefficient (Wildman–Crippen LogP) is 3.00. The van der Waals surface area contributed by atoms with Crippen LogP contribution in [0, 0.1) is 0 Å². The Labute approximate surface area is 159 Å². The molecule has 2 aromatic heterocycles. The van der Waals surface area contributed by atoms with Crippen LogP contribution in [0.3, 0.4) is 0 Å². The molecule has 0 saturated carbocycles. The largest absolute Gasteiger partial charge is 0.376 e. The van der Waals surface area contributed by atoms with Gasteiger partial charge in [-0.1, -0.05) is 23.2 Å². The number of aromatic amines is 1. The second-order valence-electron chi connectivity index (χ2n) is 6.11. The molecule has 1 amide bonds. The highest BCUT2D eigenvalue weighted by Crippen LogP contribution is 2.23. The van der Waals surface area contributed by atoms with E-state index in [-0.39, 0.29) is 18.5 Å². The fourth-order valence-electron chi connectivity index (χ4n) is 2.90. The summed E-state index contributed by atoms with van der Waals surface area (Å²) in [6, 6.07) is 7.22. The molecule has 0 spiro atoms. The average molecular weight is 391 g/mol. The summed E-state index contributed by atoms with van der Waals surface area (Å²) in [6.07, 6.45) is 3.34. The molecule has 1 aliphatic rings. The van der Waals surface area contributed by atoms with Gasteiger partial charge in [-0.05, 0) is 24.3 Å². The molecule has 0 radical (unpaired) electrons. The molecular formula is C17H16Cl2N6O. The maximum absolute atomic E-state index is 12.3. The molecule has 1 saturated heterocycles. The van der Waals surface area contributed by atoms with Crippen molar-refractivity contribution in [1.29, 1.82) is 0 Å². The van der Waals surface area contributed by atoms with Crippen LogP contribution in [0.2, 0.25) is 10.0 Å². The van der Waals surface area contributed by atoms with Crippen molar-refractivity contribution in [1.82, 2.24) is 19.9 Å². The highest BCUT2D eigenvalue weighted by molar-refractivity contribution is 6.35. The molecule has 0 aliphatic carbocycles. The van der Waals surface area contributed by atoms with Gasteiger partial charge in [-0.2, -0.15) is 0 Å². The first-order chi connectivity index (χ1) is 12.6. The number of aromatic nitrogens is 3. The number of fused-ring (bicyclic) bond motifs is 1. The zero-order valence-electron chi connectivity index (χ0n) is 13.7. The number of nitrogens with zero attached hydrogens (tertiary/aromatic N) is 3. The van der Waals surface area contributed by atoms with Crippen molar-refractivity contribution in [3.8, 4) is 0 Å². The molecule has 26 heavy (non-hydrogen) atoms. The SMILES string of the molecule is O=C(CNc1cc(Cl)cc(Cl)c1)N1CC(Nc2ncnc3[nH]ccc23)C1. The molecule has 0 unspecified atom stereocenters. The van der Waals surface area contributed by atoms with Gasteiger partial charge in [0.2, 0.25) is 5.91 Å². The number of rotatable bonds is 5. The lowest BCUT2D eigenvalue weighted by Crippen LogP contribution is -2.58. The summed E-state index contributed by atoms with van der Waals surface area (Å²) in [7, 11) is 0. The number of halogens is 2. The number of hydrogen-bond acceptors (Lipinski definition) is 5. The number of carbonyl (C=O) groups is 1. The molecular weight excluding hydrogens is 375 g/mol. The first-order valence-electron chi connectivity index (χ1n) is 8.11. The van der Waals surface area contributed by atoms with Crippen molar-refractivity contribution in [2.75, 3.05) is 30.3 Å². The summed E-state index contributed by atoms with van der Waals surface area (Å²) < 4.78 is 0. The third-order valence-electron chi connectivity index (χ3n) is 4.24. The Balaban J connectivity index is 1.29. The quantitative estimate of drug-likeness (QED) is 0.623. The van der Waals surface area contributed by atoms with Gasteiger partial charge in [-0.25, -0.2) is 9.97 Å². The van der Waals surface area contributed by atoms with Crippen molar-refractivity contribution >= 4 is 51.6 Å². The van der Waals surface area contributed by atoms with E-state index in [2.05, 4.69) is 25.6 Å². The number of hydrogen-bond donors (Lipinski definition) is 3. The van der Waals surface area contributed by atoms with Crippen LogP contribution in [0.15, 0.2) is 36.8 Å². The highest BCUT2D eigenvalue weighted by atomic mass is 35.5. The van der Waals surface area contributed by atoms with Gasteiger partial charge in [-0.3, -0.25) is 4.79 Å². The molecule has 9 heteroatoms. The number of likely N-dealkylation sites (tertiary alicyclic amines) is 1. The molecule has 0 bridgehead atoms. The van der Waals surface area contributed by atoms with Crippen molar-refractivity contribution in [2.24, 2.45) is 0 Å². The fraction of sp³-hybridized carbons (Fsp3) is 0.235. The first-order valence-corrected chi connectivity index (χ1v) is 8.86. The number of nitrogens with one attached hydrogen (secondary N) is 3. The lowest BCUT2D eigenvalue weighted by molar-refractivity contribution is -0.133. The lowest BCUT2D eigenvalue weighted by atomic mass is 10.1. The van der Waals surface area contributed by atoms with Crippen LogP contribution in [-0.2, 0) is 4.79 Å². The van der Waals surface area contributed by atoms with E-state index in [1.807, 2.05) is 12.3 Å². The first kappa shape index (κ1) is 16.9. The van der Waals surface area contributed by atoms with Gasteiger partial charge < -0.3 is 20.5 Å². The van der Waals surface area contributed by atoms with Gasteiger partial charge in [0, 0.05) is 35.0 Å². The minimum absolute atomic E-state index is 0.0219. The zero-order chi connectivity index (χ0) is 18.1. The van der Waals surface area contributed by atoms with Crippen molar-refractivity contribution in [3.63, 3.8) is 0 Å². The minimum atomic E-state index is 0.0219. The molecule has 1 aliphatic heterocycles. The number of benzene rings is 1. The van der Waals surface area contributed by atoms with E-state index < -0.39 is 0 Å². The Kier molecular flexibility index (Phi) is 4.57. The maximum Gasteiger partial charge on any atom is 0.242 e. The molecule has 3 N–H and O–H groups in total. The number of carbonyl (C=O) groups excluding carboxylic acids is 1. The Bertz CT molecular complexity index is 933. The summed E-state index contributed by atoms with van der Waals surface area (Å²) in [4.78, 5) is 25.6. The van der Waals surface area contributed by atoms with Crippen LogP contribution in [-0.4, -0.2) is 51.4 Å². The van der Waals surface area contributed by atoms with E-state index in [0.717, 1.165) is 22.5 Å². The van der Waals surface area contributed by atoms with Crippen molar-refractivity contribution in [3.05, 3.63) is 46.8 Å². The monoisotopic (exact) mass is 390 g/mol. The normalized spacial score (nSPS) is 14.3. The molecule has 7 nitrogen and oxygen atoms in total. The second-order valence-corrected chi connectivity index (χ2v) is 6.99. The molecule has 134 valence electrons. The van der Waals surface area contributed by atoms with E-state index in [0.29, 0.717) is 23.1 Å². The number of H-pyrrole nitrogens is 1. The van der Waals surface area contributed by atoms with E-state index in [9.17, 15) is 4.79 Å². The third kappa shape index (κ3) is 3.54. The van der Waals surface area contributed by atoms with Crippen LogP contribution in [0.1, 0.15) is 0 Å². The van der Waals surface area contributed by atoms with Crippen molar-refractivity contribution < 1.29 is 4.79 Å². The molecule has 3 aromatic rings. The number of anilines is 2. The van der Waals surface area contributed by atoms with Gasteiger partial charge in [0.1, 0.15) is 17.8 Å². The summed E-state index contributed by atoms with van der Waals surface area (Å²) in [5, 5.41) is 8.42. The Morgan fingerprint density at radius 3 is 2.77 bits per heavy atom. The molecule has 1 aromatic carbocycles. The molecule has 4 rings (SSSR count). The Morgan fingerprint density at radius 2 is 2.00 bits per heavy atom. The molecule has 3 heterocycles. The highest BCUT2D eigenvalue weighted by Gasteiger charge is 2.30. The summed E-state index contributed by atoms with van der Waals surface area (Å²) in [5.74, 6) is 0.800. The lowest BCUT2D eigenvalue weighted by Gasteiger charge is -2.40. The predicted molar refractivity (Wildman–Crippen MR) is 103 cm³/mol. The zero-order valence-corrected chi connectivity index (χ0v) is 15.2. The third-order valence-corrected chi connectivity index (χ3v) is 4.67. The van der Waals surface area contributed by atoms with Gasteiger partial charge in [0.15, 0.2) is 0 Å². The van der Waals surface area contributed by atoms with Gasteiger partial charge in [0.05, 0.1) is 18.0 Å². The second kappa shape index (κ2) is 7.01. The Morgan fingerprint density at radius 1 is 1.23 bits per heavy atom. The van der Waals surface area contributed by atoms with E-state index in [4.69, 9.17) is 23.2 Å². The van der Waals surface area contributed by atoms with E-state index in [1.54, 1.807) is 23.1 Å². The van der Waals surface area contributed by atoms with Crippen LogP contribution >= 0.6 is 23.2 Å². The topological polar surface area (TPSA) is 85.9 Å². The van der Waals surface area contributed by atoms with Crippen LogP contribution < -0.4 is 10.6 Å². The van der Waals surface area contributed by atoms with E-state index >= 15 is 0 Å². The Hall–Kier alpha value is -2.51. The average Bonchev–Trinajstić information content (AvgIpc) is 3.04. The van der Waals surface area contributed by atoms with Gasteiger partial charge in [0.25, 0.3) is 0 Å². The maximum atomic E-state index is 12.3. The summed E-state index contributed by atoms with van der Waals surface area (Å²) in [5.41, 5.74) is 1.51. The standard InChI is InChI=1S/C17H16Cl2N6O/c18-10-3-11(19)5-12(4-10)21-6-15(26)25-7-13(8-25)24-17-14-1-2-20-16(14)22-9-23-17/h1-5,9,13,21H,6-8H2,(H2,20,22,23,24). The molecule has 0 atom stereocenters. The smallest absolute Gasteiger partial charge is 0.242 e. The van der Waals surface area contributed by atoms with Crippen molar-refractivity contribution in [2.45, 2.75) is 6.04 Å². The summed E-state index contributed by atoms with van der Waals surface area (Å²) >= 11 is 11.9. The van der Waals surface area contributed by atoms with Gasteiger partial charge in [-0.15, -0.1) is 0 Å². The number of amides is 1. The fourth-order valence-corrected chi connectivity index (χ4v) is 3.43.